The number of benzene rings is 1. The second-order valence-corrected chi connectivity index (χ2v) is 12.1. The highest BCUT2D eigenvalue weighted by Crippen LogP contribution is 2.73. The largest absolute Gasteiger partial charge is 0.586 e. The van der Waals surface area contributed by atoms with Gasteiger partial charge in [0.25, 0.3) is 0 Å². The fourth-order valence-corrected chi connectivity index (χ4v) is 7.09. The number of amides is 1. The van der Waals surface area contributed by atoms with Gasteiger partial charge >= 0.3 is 18.4 Å². The number of carbonyl (C=O) groups excluding carboxylic acids is 2. The number of alkyl halides is 5. The Morgan fingerprint density at radius 3 is 2.53 bits per heavy atom. The van der Waals surface area contributed by atoms with E-state index >= 15 is 0 Å². The lowest BCUT2D eigenvalue weighted by Gasteiger charge is -2.67. The predicted molar refractivity (Wildman–Crippen MR) is 143 cm³/mol. The number of carbonyl (C=O) groups is 2. The van der Waals surface area contributed by atoms with Crippen LogP contribution in [0.1, 0.15) is 73.7 Å². The van der Waals surface area contributed by atoms with Crippen LogP contribution in [-0.4, -0.2) is 40.0 Å². The third-order valence-electron chi connectivity index (χ3n) is 9.13. The second kappa shape index (κ2) is 9.78. The third-order valence-corrected chi connectivity index (χ3v) is 9.13. The van der Waals surface area contributed by atoms with Gasteiger partial charge in [0.15, 0.2) is 17.2 Å². The van der Waals surface area contributed by atoms with Crippen LogP contribution in [0, 0.1) is 10.8 Å². The minimum absolute atomic E-state index is 0.00693. The fourth-order valence-electron chi connectivity index (χ4n) is 7.09. The van der Waals surface area contributed by atoms with Crippen LogP contribution in [0.15, 0.2) is 36.5 Å². The van der Waals surface area contributed by atoms with Gasteiger partial charge in [-0.2, -0.15) is 18.3 Å². The van der Waals surface area contributed by atoms with Crippen molar-refractivity contribution in [1.29, 1.82) is 0 Å². The number of halogens is 5. The summed E-state index contributed by atoms with van der Waals surface area (Å²) in [5, 5.41) is 6.93. The van der Waals surface area contributed by atoms with Crippen LogP contribution < -0.4 is 19.5 Å². The zero-order chi connectivity index (χ0) is 31.9. The molecular weight excluding hydrogens is 607 g/mol. The average Bonchev–Trinajstić information content (AvgIpc) is 3.48. The van der Waals surface area contributed by atoms with Crippen molar-refractivity contribution < 1.29 is 50.5 Å². The lowest BCUT2D eigenvalue weighted by atomic mass is 9.35. The van der Waals surface area contributed by atoms with Crippen molar-refractivity contribution >= 4 is 11.9 Å². The van der Waals surface area contributed by atoms with E-state index in [0.29, 0.717) is 37.7 Å². The zero-order valence-corrected chi connectivity index (χ0v) is 24.0. The number of aromatic nitrogens is 3. The van der Waals surface area contributed by atoms with E-state index in [4.69, 9.17) is 9.47 Å². The summed E-state index contributed by atoms with van der Waals surface area (Å²) >= 11 is 0. The third kappa shape index (κ3) is 4.74. The van der Waals surface area contributed by atoms with Crippen LogP contribution in [0.3, 0.4) is 0 Å². The number of pyridine rings is 1. The number of methoxy groups -OCH3 is 1. The fraction of sp³-hybridized carbons (Fsp3) is 0.467. The van der Waals surface area contributed by atoms with Crippen molar-refractivity contribution in [3.63, 3.8) is 0 Å². The van der Waals surface area contributed by atoms with Gasteiger partial charge in [-0.15, -0.1) is 8.78 Å². The van der Waals surface area contributed by atoms with Crippen LogP contribution in [0.2, 0.25) is 0 Å². The molecule has 2 aromatic heterocycles. The summed E-state index contributed by atoms with van der Waals surface area (Å²) in [5.74, 6) is -0.903. The minimum Gasteiger partial charge on any atom is -0.470 e. The molecule has 0 unspecified atom stereocenters. The van der Waals surface area contributed by atoms with E-state index in [9.17, 15) is 31.5 Å². The molecule has 3 saturated carbocycles. The van der Waals surface area contributed by atoms with E-state index in [1.54, 1.807) is 6.92 Å². The van der Waals surface area contributed by atoms with E-state index in [0.717, 1.165) is 0 Å². The van der Waals surface area contributed by atoms with Crippen molar-refractivity contribution in [2.24, 2.45) is 10.8 Å². The van der Waals surface area contributed by atoms with Gasteiger partial charge in [-0.3, -0.25) is 9.59 Å². The van der Waals surface area contributed by atoms with Crippen molar-refractivity contribution in [2.45, 2.75) is 70.1 Å². The maximum absolute atomic E-state index is 14.2. The van der Waals surface area contributed by atoms with Gasteiger partial charge in [0, 0.05) is 17.8 Å². The van der Waals surface area contributed by atoms with Crippen LogP contribution >= 0.6 is 0 Å². The monoisotopic (exact) mass is 634 g/mol. The highest BCUT2D eigenvalue weighted by molar-refractivity contribution is 5.94. The van der Waals surface area contributed by atoms with E-state index in [1.165, 1.54) is 48.3 Å². The molecule has 0 saturated heterocycles. The van der Waals surface area contributed by atoms with Gasteiger partial charge < -0.3 is 24.3 Å². The summed E-state index contributed by atoms with van der Waals surface area (Å²) in [6.45, 7) is 1.64. The molecule has 10 nitrogen and oxygen atoms in total. The molecule has 1 aromatic carbocycles. The van der Waals surface area contributed by atoms with Gasteiger partial charge in [-0.25, -0.2) is 9.67 Å². The smallest absolute Gasteiger partial charge is 0.470 e. The molecule has 3 fully saturated rings. The molecule has 1 N–H and O–H groups in total. The van der Waals surface area contributed by atoms with Crippen LogP contribution in [-0.2, 0) is 26.9 Å². The van der Waals surface area contributed by atoms with Crippen LogP contribution in [0.4, 0.5) is 22.0 Å². The van der Waals surface area contributed by atoms with E-state index < -0.39 is 41.1 Å². The van der Waals surface area contributed by atoms with E-state index in [2.05, 4.69) is 24.9 Å². The lowest BCUT2D eigenvalue weighted by molar-refractivity contribution is -0.286. The second-order valence-electron chi connectivity index (χ2n) is 12.1. The van der Waals surface area contributed by atoms with Gasteiger partial charge in [0.05, 0.1) is 35.4 Å². The first-order valence-corrected chi connectivity index (χ1v) is 14.3. The Morgan fingerprint density at radius 2 is 1.82 bits per heavy atom. The molecule has 4 aliphatic carbocycles. The Bertz CT molecular complexity index is 1700. The predicted octanol–water partition coefficient (Wildman–Crippen LogP) is 5.58. The van der Waals surface area contributed by atoms with Gasteiger partial charge in [0.1, 0.15) is 6.10 Å². The Kier molecular flexibility index (Phi) is 6.37. The minimum atomic E-state index is -4.74. The maximum Gasteiger partial charge on any atom is 0.586 e. The summed E-state index contributed by atoms with van der Waals surface area (Å²) in [6, 6.07) is 6.32. The van der Waals surface area contributed by atoms with Crippen molar-refractivity contribution in [3.05, 3.63) is 59.0 Å². The van der Waals surface area contributed by atoms with Gasteiger partial charge in [-0.05, 0) is 69.2 Å². The standard InChI is InChI=1S/C30H27F5N4O6/c1-15(16-6-7-20-21(10-16)45-30(34,35)44-20)43-22-11-17(8-9-36-22)39-23-18(24(38-39)29(31,32)33)4-3-5-19(23)37-25(40)27-12-28(13-27,14-27)26(41)42-2/h6-11,15,19H,3-5,12-14H2,1-2H3,(H,37,40)/t15-,19+,27?,28?/m0/s1. The van der Waals surface area contributed by atoms with Crippen molar-refractivity contribution in [2.75, 3.05) is 7.11 Å². The normalized spacial score (nSPS) is 26.2. The summed E-state index contributed by atoms with van der Waals surface area (Å²) in [4.78, 5) is 29.6. The molecule has 3 aromatic rings. The van der Waals surface area contributed by atoms with E-state index in [-0.39, 0.29) is 52.6 Å². The number of rotatable bonds is 7. The highest BCUT2D eigenvalue weighted by atomic mass is 19.4. The highest BCUT2D eigenvalue weighted by Gasteiger charge is 2.75. The molecule has 5 aliphatic rings. The SMILES string of the molecule is COC(=O)C12CC(C(=O)N[C@@H]3CCCc4c(C(F)(F)F)nn(-c5ccnc(O[C@@H](C)c6ccc7c(c6)OC(F)(F)O7)c5)c43)(C1)C2. The molecule has 3 heterocycles. The van der Waals surface area contributed by atoms with E-state index in [1.807, 2.05) is 0 Å². The summed E-state index contributed by atoms with van der Waals surface area (Å²) in [7, 11) is 1.30. The number of fused-ring (bicyclic) bond motifs is 2. The van der Waals surface area contributed by atoms with Gasteiger partial charge in [0.2, 0.25) is 11.8 Å². The summed E-state index contributed by atoms with van der Waals surface area (Å²) in [6.07, 6.45) is -5.91. The molecule has 15 heteroatoms. The van der Waals surface area contributed by atoms with Gasteiger partial charge in [-0.1, -0.05) is 6.07 Å². The first kappa shape index (κ1) is 29.3. The number of ether oxygens (including phenoxy) is 4. The molecule has 1 aliphatic heterocycles. The Hall–Kier alpha value is -4.43. The molecular formula is C30H27F5N4O6. The number of hydrogen-bond donors (Lipinski definition) is 1. The molecule has 1 amide bonds. The Balaban J connectivity index is 1.16. The molecule has 8 rings (SSSR count). The topological polar surface area (TPSA) is 114 Å². The Labute approximate surface area is 252 Å². The average molecular weight is 635 g/mol. The molecule has 2 atom stereocenters. The quantitative estimate of drug-likeness (QED) is 0.265. The first-order chi connectivity index (χ1) is 21.2. The van der Waals surface area contributed by atoms with Crippen LogP contribution in [0.25, 0.3) is 5.69 Å². The summed E-state index contributed by atoms with van der Waals surface area (Å²) in [5.41, 5.74) is -1.50. The number of hydrogen-bond acceptors (Lipinski definition) is 8. The van der Waals surface area contributed by atoms with Crippen molar-refractivity contribution in [3.8, 4) is 23.1 Å². The van der Waals surface area contributed by atoms with Crippen LogP contribution in [0.5, 0.6) is 17.4 Å². The van der Waals surface area contributed by atoms with Crippen molar-refractivity contribution in [1.82, 2.24) is 20.1 Å². The molecule has 0 radical (unpaired) electrons. The zero-order valence-electron chi connectivity index (χ0n) is 24.0. The molecule has 45 heavy (non-hydrogen) atoms. The molecule has 2 bridgehead atoms. The molecule has 238 valence electrons. The number of nitrogens with zero attached hydrogens (tertiary/aromatic N) is 3. The summed E-state index contributed by atoms with van der Waals surface area (Å²) < 4.78 is 90.3. The number of esters is 1. The lowest BCUT2D eigenvalue weighted by Crippen LogP contribution is -2.70. The first-order valence-electron chi connectivity index (χ1n) is 14.3. The molecule has 0 spiro atoms. The number of nitrogens with one attached hydrogen (secondary N) is 1. The Morgan fingerprint density at radius 1 is 1.09 bits per heavy atom. The maximum atomic E-state index is 14.2.